The quantitative estimate of drug-likeness (QED) is 0.672. The van der Waals surface area contributed by atoms with Gasteiger partial charge < -0.3 is 14.5 Å². The minimum Gasteiger partial charge on any atom is -0.383 e. The molecule has 0 aromatic heterocycles. The van der Waals surface area contributed by atoms with Gasteiger partial charge in [0.05, 0.1) is 18.1 Å². The molecule has 2 fully saturated rings. The van der Waals surface area contributed by atoms with Gasteiger partial charge in [-0.2, -0.15) is 0 Å². The second-order valence-electron chi connectivity index (χ2n) is 6.39. The zero-order chi connectivity index (χ0) is 17.0. The number of methoxy groups -OCH3 is 1. The van der Waals surface area contributed by atoms with E-state index in [1.165, 1.54) is 12.0 Å². The predicted octanol–water partition coefficient (Wildman–Crippen LogP) is 0.0495. The summed E-state index contributed by atoms with van der Waals surface area (Å²) < 4.78 is 28.4. The highest BCUT2D eigenvalue weighted by Gasteiger charge is 2.38. The van der Waals surface area contributed by atoms with E-state index >= 15 is 0 Å². The lowest BCUT2D eigenvalue weighted by Gasteiger charge is -2.35. The van der Waals surface area contributed by atoms with Gasteiger partial charge in [-0.25, -0.2) is 8.42 Å². The van der Waals surface area contributed by atoms with Crippen LogP contribution in [0.2, 0.25) is 0 Å². The molecule has 2 heterocycles. The molecule has 0 aliphatic carbocycles. The Balaban J connectivity index is 2.11. The van der Waals surface area contributed by atoms with Crippen molar-refractivity contribution in [3.05, 3.63) is 0 Å². The highest BCUT2D eigenvalue weighted by molar-refractivity contribution is 7.91. The second-order valence-corrected chi connectivity index (χ2v) is 8.62. The summed E-state index contributed by atoms with van der Waals surface area (Å²) >= 11 is 0. The van der Waals surface area contributed by atoms with E-state index < -0.39 is 27.7 Å². The topological polar surface area (TPSA) is 84.0 Å². The highest BCUT2D eigenvalue weighted by Crippen LogP contribution is 2.21. The van der Waals surface area contributed by atoms with Crippen molar-refractivity contribution in [3.63, 3.8) is 0 Å². The van der Waals surface area contributed by atoms with Gasteiger partial charge >= 0.3 is 11.8 Å². The fourth-order valence-electron chi connectivity index (χ4n) is 3.31. The molecule has 2 amide bonds. The minimum atomic E-state index is -3.12. The molecule has 2 unspecified atom stereocenters. The number of carbonyl (C=O) groups excluding carboxylic acids is 2. The number of hydrogen-bond acceptors (Lipinski definition) is 5. The summed E-state index contributed by atoms with van der Waals surface area (Å²) in [7, 11) is -1.60. The van der Waals surface area contributed by atoms with Gasteiger partial charge in [-0.05, 0) is 32.6 Å². The second kappa shape index (κ2) is 7.61. The van der Waals surface area contributed by atoms with Crippen molar-refractivity contribution in [1.29, 1.82) is 0 Å². The Morgan fingerprint density at radius 2 is 2.00 bits per heavy atom. The standard InChI is InChI=1S/C15H26N2O5S/c1-12-5-3-4-7-16(12)14(18)15(19)17(8-9-22-2)13-6-10-23(20,21)11-13/h12-13H,3-11H2,1-2H3. The number of rotatable bonds is 4. The third kappa shape index (κ3) is 4.44. The summed E-state index contributed by atoms with van der Waals surface area (Å²) in [5.74, 6) is -1.11. The minimum absolute atomic E-state index is 0.0526. The molecule has 0 bridgehead atoms. The van der Waals surface area contributed by atoms with Gasteiger partial charge in [0, 0.05) is 32.3 Å². The van der Waals surface area contributed by atoms with Gasteiger partial charge in [-0.3, -0.25) is 9.59 Å². The van der Waals surface area contributed by atoms with Crippen molar-refractivity contribution in [2.75, 3.05) is 38.3 Å². The molecule has 0 aromatic rings. The van der Waals surface area contributed by atoms with Crippen LogP contribution in [0.25, 0.3) is 0 Å². The monoisotopic (exact) mass is 346 g/mol. The van der Waals surface area contributed by atoms with E-state index in [2.05, 4.69) is 0 Å². The van der Waals surface area contributed by atoms with Crippen LogP contribution in [0.1, 0.15) is 32.6 Å². The van der Waals surface area contributed by atoms with E-state index in [1.807, 2.05) is 6.92 Å². The summed E-state index contributed by atoms with van der Waals surface area (Å²) in [6.45, 7) is 3.06. The van der Waals surface area contributed by atoms with E-state index in [1.54, 1.807) is 4.90 Å². The molecule has 0 aromatic carbocycles. The van der Waals surface area contributed by atoms with Crippen molar-refractivity contribution < 1.29 is 22.7 Å². The van der Waals surface area contributed by atoms with E-state index in [-0.39, 0.29) is 30.7 Å². The first-order valence-electron chi connectivity index (χ1n) is 8.16. The predicted molar refractivity (Wildman–Crippen MR) is 85.7 cm³/mol. The lowest BCUT2D eigenvalue weighted by molar-refractivity contribution is -0.155. The van der Waals surface area contributed by atoms with Crippen LogP contribution in [0, 0.1) is 0 Å². The van der Waals surface area contributed by atoms with E-state index in [0.717, 1.165) is 19.3 Å². The summed E-state index contributed by atoms with van der Waals surface area (Å²) in [6, 6.07) is -0.372. The molecular formula is C15H26N2O5S. The maximum Gasteiger partial charge on any atom is 0.312 e. The van der Waals surface area contributed by atoms with Crippen molar-refractivity contribution >= 4 is 21.7 Å². The molecule has 23 heavy (non-hydrogen) atoms. The zero-order valence-electron chi connectivity index (χ0n) is 13.9. The van der Waals surface area contributed by atoms with Crippen LogP contribution in [0.4, 0.5) is 0 Å². The Morgan fingerprint density at radius 3 is 2.57 bits per heavy atom. The Kier molecular flexibility index (Phi) is 6.02. The number of sulfone groups is 1. The molecule has 0 spiro atoms. The molecule has 0 N–H and O–H groups in total. The number of nitrogens with zero attached hydrogens (tertiary/aromatic N) is 2. The van der Waals surface area contributed by atoms with Gasteiger partial charge in [0.15, 0.2) is 9.84 Å². The van der Waals surface area contributed by atoms with Crippen LogP contribution < -0.4 is 0 Å². The van der Waals surface area contributed by atoms with Gasteiger partial charge in [0.1, 0.15) is 0 Å². The average molecular weight is 346 g/mol. The zero-order valence-corrected chi connectivity index (χ0v) is 14.7. The number of likely N-dealkylation sites (tertiary alicyclic amines) is 1. The third-order valence-corrected chi connectivity index (χ3v) is 6.44. The van der Waals surface area contributed by atoms with Crippen LogP contribution in [0.3, 0.4) is 0 Å². The maximum absolute atomic E-state index is 12.7. The molecule has 132 valence electrons. The fraction of sp³-hybridized carbons (Fsp3) is 0.867. The molecule has 2 aliphatic heterocycles. The SMILES string of the molecule is COCCN(C(=O)C(=O)N1CCCCC1C)C1CCS(=O)(=O)C1. The van der Waals surface area contributed by atoms with E-state index in [4.69, 9.17) is 4.74 Å². The average Bonchev–Trinajstić information content (AvgIpc) is 2.87. The van der Waals surface area contributed by atoms with Crippen LogP contribution in [-0.2, 0) is 24.2 Å². The van der Waals surface area contributed by atoms with Gasteiger partial charge in [0.25, 0.3) is 0 Å². The Morgan fingerprint density at radius 1 is 1.26 bits per heavy atom. The number of piperidine rings is 1. The van der Waals surface area contributed by atoms with Crippen LogP contribution in [0.15, 0.2) is 0 Å². The number of ether oxygens (including phenoxy) is 1. The Hall–Kier alpha value is -1.15. The van der Waals surface area contributed by atoms with Gasteiger partial charge in [-0.15, -0.1) is 0 Å². The Labute approximate surface area is 137 Å². The third-order valence-electron chi connectivity index (χ3n) is 4.69. The van der Waals surface area contributed by atoms with Gasteiger partial charge in [-0.1, -0.05) is 0 Å². The van der Waals surface area contributed by atoms with Crippen molar-refractivity contribution in [2.24, 2.45) is 0 Å². The van der Waals surface area contributed by atoms with E-state index in [9.17, 15) is 18.0 Å². The molecule has 2 aliphatic rings. The molecule has 8 heteroatoms. The van der Waals surface area contributed by atoms with E-state index in [0.29, 0.717) is 13.0 Å². The summed E-state index contributed by atoms with van der Waals surface area (Å²) in [6.07, 6.45) is 3.25. The highest BCUT2D eigenvalue weighted by atomic mass is 32.2. The summed E-state index contributed by atoms with van der Waals surface area (Å²) in [5.41, 5.74) is 0. The molecule has 7 nitrogen and oxygen atoms in total. The van der Waals surface area contributed by atoms with Crippen molar-refractivity contribution in [1.82, 2.24) is 9.80 Å². The lowest BCUT2D eigenvalue weighted by atomic mass is 10.0. The maximum atomic E-state index is 12.7. The Bertz CT molecular complexity index is 548. The number of hydrogen-bond donors (Lipinski definition) is 0. The summed E-state index contributed by atoms with van der Waals surface area (Å²) in [4.78, 5) is 28.3. The van der Waals surface area contributed by atoms with Gasteiger partial charge in [0.2, 0.25) is 0 Å². The largest absolute Gasteiger partial charge is 0.383 e. The molecule has 0 radical (unpaired) electrons. The van der Waals surface area contributed by atoms with Crippen molar-refractivity contribution in [2.45, 2.75) is 44.7 Å². The van der Waals surface area contributed by atoms with Crippen LogP contribution in [-0.4, -0.2) is 80.4 Å². The molecular weight excluding hydrogens is 320 g/mol. The first kappa shape index (κ1) is 18.2. The smallest absolute Gasteiger partial charge is 0.312 e. The first-order chi connectivity index (χ1) is 10.9. The van der Waals surface area contributed by atoms with Crippen LogP contribution >= 0.6 is 0 Å². The number of amides is 2. The van der Waals surface area contributed by atoms with Crippen LogP contribution in [0.5, 0.6) is 0 Å². The van der Waals surface area contributed by atoms with Crippen molar-refractivity contribution in [3.8, 4) is 0 Å². The molecule has 2 rings (SSSR count). The molecule has 0 saturated carbocycles. The molecule has 2 atom stereocenters. The first-order valence-corrected chi connectivity index (χ1v) is 9.99. The molecule has 2 saturated heterocycles. The number of carbonyl (C=O) groups is 2. The fourth-order valence-corrected chi connectivity index (χ4v) is 5.04. The normalized spacial score (nSPS) is 27.0. The lowest BCUT2D eigenvalue weighted by Crippen LogP contribution is -2.53. The summed E-state index contributed by atoms with van der Waals surface area (Å²) in [5, 5.41) is 0.